The molecule has 3 rings (SSSR count). The number of hydrogen-bond donors (Lipinski definition) is 2. The van der Waals surface area contributed by atoms with Crippen molar-refractivity contribution in [1.82, 2.24) is 10.3 Å². The van der Waals surface area contributed by atoms with Gasteiger partial charge in [0.1, 0.15) is 5.78 Å². The second-order valence-corrected chi connectivity index (χ2v) is 9.28. The third kappa shape index (κ3) is 7.17. The highest BCUT2D eigenvalue weighted by Crippen LogP contribution is 2.32. The second kappa shape index (κ2) is 13.3. The number of aromatic nitrogens is 1. The highest BCUT2D eigenvalue weighted by molar-refractivity contribution is 9.10. The van der Waals surface area contributed by atoms with Crippen molar-refractivity contribution >= 4 is 50.2 Å². The maximum absolute atomic E-state index is 13.3. The van der Waals surface area contributed by atoms with E-state index < -0.39 is 0 Å². The van der Waals surface area contributed by atoms with E-state index in [0.29, 0.717) is 18.5 Å². The number of allylic oxidation sites excluding steroid dienone is 1. The number of halogens is 1. The van der Waals surface area contributed by atoms with Gasteiger partial charge >= 0.3 is 0 Å². The lowest BCUT2D eigenvalue weighted by Crippen LogP contribution is -2.25. The molecule has 0 atom stereocenters. The van der Waals surface area contributed by atoms with Crippen LogP contribution in [0.3, 0.4) is 0 Å². The molecular formula is C29H37BrN2O2. The van der Waals surface area contributed by atoms with Crippen LogP contribution in [0, 0.1) is 13.8 Å². The Morgan fingerprint density at radius 2 is 1.79 bits per heavy atom. The Hall–Kier alpha value is -2.66. The molecule has 2 N–H and O–H groups in total. The summed E-state index contributed by atoms with van der Waals surface area (Å²) in [6.07, 6.45) is 5.11. The maximum Gasteiger partial charge on any atom is 0.254 e. The lowest BCUT2D eigenvalue weighted by Gasteiger charge is -2.10. The predicted molar refractivity (Wildman–Crippen MR) is 148 cm³/mol. The molecule has 0 saturated carbocycles. The average molecular weight is 526 g/mol. The van der Waals surface area contributed by atoms with Crippen LogP contribution in [0.2, 0.25) is 0 Å². The molecule has 0 unspecified atom stereocenters. The highest BCUT2D eigenvalue weighted by Gasteiger charge is 2.20. The fraction of sp³-hybridized carbons (Fsp3) is 0.379. The van der Waals surface area contributed by atoms with Crippen LogP contribution in [0.15, 0.2) is 40.9 Å². The van der Waals surface area contributed by atoms with E-state index in [2.05, 4.69) is 71.3 Å². The first-order chi connectivity index (χ1) is 16.3. The van der Waals surface area contributed by atoms with Crippen LogP contribution < -0.4 is 5.32 Å². The summed E-state index contributed by atoms with van der Waals surface area (Å²) in [7, 11) is 0. The van der Waals surface area contributed by atoms with Crippen molar-refractivity contribution in [3.8, 4) is 0 Å². The predicted octanol–water partition coefficient (Wildman–Crippen LogP) is 8.01. The molecule has 1 heterocycles. The molecule has 0 bridgehead atoms. The molecule has 0 radical (unpaired) electrons. The van der Waals surface area contributed by atoms with Crippen molar-refractivity contribution < 1.29 is 9.59 Å². The first-order valence-electron chi connectivity index (χ1n) is 12.2. The quantitative estimate of drug-likeness (QED) is 0.278. The molecule has 0 aliphatic heterocycles. The van der Waals surface area contributed by atoms with Crippen LogP contribution in [0.4, 0.5) is 0 Å². The van der Waals surface area contributed by atoms with Crippen molar-refractivity contribution in [2.75, 3.05) is 6.54 Å². The molecule has 0 aliphatic carbocycles. The standard InChI is InChI=1S/C27H31BrN2O2.C2H6/c1-5-20(15-21-14-17(2)9-10-18(21)3)26-25(23-12-11-22(28)16-24(23)30-26)27(32)29-13-7-6-8-19(4)31;1-2/h9-12,14-16,30H,5-8,13H2,1-4H3,(H,29,32);1-2H3/b20-15+;. The fourth-order valence-corrected chi connectivity index (χ4v) is 4.25. The molecule has 3 aromatic rings. The zero-order valence-corrected chi connectivity index (χ0v) is 22.9. The molecule has 4 nitrogen and oxygen atoms in total. The monoisotopic (exact) mass is 524 g/mol. The molecule has 0 aliphatic rings. The molecule has 5 heteroatoms. The Labute approximate surface area is 212 Å². The number of Topliss-reactive ketones (excluding diaryl/α,β-unsaturated/α-hetero) is 1. The highest BCUT2D eigenvalue weighted by atomic mass is 79.9. The van der Waals surface area contributed by atoms with Crippen molar-refractivity contribution in [1.29, 1.82) is 0 Å². The van der Waals surface area contributed by atoms with Crippen molar-refractivity contribution in [2.45, 2.75) is 67.2 Å². The Morgan fingerprint density at radius 1 is 1.06 bits per heavy atom. The Balaban J connectivity index is 0.00000199. The average Bonchev–Trinajstić information content (AvgIpc) is 3.18. The summed E-state index contributed by atoms with van der Waals surface area (Å²) >= 11 is 3.54. The molecule has 1 aromatic heterocycles. The minimum absolute atomic E-state index is 0.0864. The Morgan fingerprint density at radius 3 is 2.47 bits per heavy atom. The summed E-state index contributed by atoms with van der Waals surface area (Å²) in [5.41, 5.74) is 7.14. The SMILES string of the molecule is CC.CC/C(=C\c1cc(C)ccc1C)c1[nH]c2cc(Br)ccc2c1C(=O)NCCCCC(C)=O. The van der Waals surface area contributed by atoms with E-state index >= 15 is 0 Å². The van der Waals surface area contributed by atoms with Gasteiger partial charge in [-0.1, -0.05) is 66.5 Å². The molecule has 0 fully saturated rings. The smallest absolute Gasteiger partial charge is 0.254 e. The zero-order valence-electron chi connectivity index (χ0n) is 21.3. The topological polar surface area (TPSA) is 62.0 Å². The van der Waals surface area contributed by atoms with E-state index in [1.807, 2.05) is 32.0 Å². The van der Waals surface area contributed by atoms with Gasteiger partial charge in [0.2, 0.25) is 0 Å². The van der Waals surface area contributed by atoms with Gasteiger partial charge in [-0.15, -0.1) is 0 Å². The minimum Gasteiger partial charge on any atom is -0.354 e. The summed E-state index contributed by atoms with van der Waals surface area (Å²) in [6, 6.07) is 12.4. The number of ketones is 1. The summed E-state index contributed by atoms with van der Waals surface area (Å²) in [4.78, 5) is 27.9. The Bertz CT molecular complexity index is 1170. The van der Waals surface area contributed by atoms with Gasteiger partial charge in [-0.3, -0.25) is 4.79 Å². The van der Waals surface area contributed by atoms with Gasteiger partial charge in [0.25, 0.3) is 5.91 Å². The fourth-order valence-electron chi connectivity index (χ4n) is 3.89. The molecule has 2 aromatic carbocycles. The van der Waals surface area contributed by atoms with Crippen LogP contribution in [0.25, 0.3) is 22.6 Å². The number of carbonyl (C=O) groups is 2. The maximum atomic E-state index is 13.3. The third-order valence-corrected chi connectivity index (χ3v) is 6.19. The van der Waals surface area contributed by atoms with E-state index in [-0.39, 0.29) is 11.7 Å². The first-order valence-corrected chi connectivity index (χ1v) is 13.0. The number of hydrogen-bond acceptors (Lipinski definition) is 2. The van der Waals surface area contributed by atoms with Crippen LogP contribution in [-0.4, -0.2) is 23.2 Å². The molecule has 0 spiro atoms. The first kappa shape index (κ1) is 27.6. The Kier molecular flexibility index (Phi) is 10.8. The van der Waals surface area contributed by atoms with Gasteiger partial charge in [0.05, 0.1) is 11.3 Å². The summed E-state index contributed by atoms with van der Waals surface area (Å²) in [5.74, 6) is 0.0988. The van der Waals surface area contributed by atoms with Gasteiger partial charge in [-0.2, -0.15) is 0 Å². The van der Waals surface area contributed by atoms with Gasteiger partial charge in [-0.25, -0.2) is 0 Å². The molecule has 182 valence electrons. The van der Waals surface area contributed by atoms with E-state index in [0.717, 1.165) is 51.5 Å². The molecular weight excluding hydrogens is 488 g/mol. The molecule has 0 saturated heterocycles. The van der Waals surface area contributed by atoms with Crippen molar-refractivity contribution in [3.63, 3.8) is 0 Å². The van der Waals surface area contributed by atoms with E-state index in [1.165, 1.54) is 11.1 Å². The van der Waals surface area contributed by atoms with Crippen LogP contribution >= 0.6 is 15.9 Å². The number of carbonyl (C=O) groups excluding carboxylic acids is 2. The number of amides is 1. The number of aromatic amines is 1. The van der Waals surface area contributed by atoms with Crippen molar-refractivity contribution in [2.24, 2.45) is 0 Å². The molecule has 1 amide bonds. The van der Waals surface area contributed by atoms with Crippen LogP contribution in [0.1, 0.15) is 86.1 Å². The van der Waals surface area contributed by atoms with Crippen molar-refractivity contribution in [3.05, 3.63) is 68.8 Å². The normalized spacial score (nSPS) is 11.2. The lowest BCUT2D eigenvalue weighted by atomic mass is 9.98. The second-order valence-electron chi connectivity index (χ2n) is 8.36. The lowest BCUT2D eigenvalue weighted by molar-refractivity contribution is -0.117. The summed E-state index contributed by atoms with van der Waals surface area (Å²) in [6.45, 7) is 12.5. The minimum atomic E-state index is -0.0864. The van der Waals surface area contributed by atoms with Gasteiger partial charge in [0, 0.05) is 28.3 Å². The van der Waals surface area contributed by atoms with E-state index in [4.69, 9.17) is 0 Å². The van der Waals surface area contributed by atoms with Gasteiger partial charge in [-0.05, 0) is 74.9 Å². The number of rotatable bonds is 9. The van der Waals surface area contributed by atoms with E-state index in [9.17, 15) is 9.59 Å². The number of benzene rings is 2. The largest absolute Gasteiger partial charge is 0.354 e. The summed E-state index contributed by atoms with van der Waals surface area (Å²) < 4.78 is 0.963. The van der Waals surface area contributed by atoms with Crippen LogP contribution in [-0.2, 0) is 4.79 Å². The zero-order chi connectivity index (χ0) is 25.3. The summed E-state index contributed by atoms with van der Waals surface area (Å²) in [5, 5.41) is 3.97. The number of fused-ring (bicyclic) bond motifs is 1. The number of nitrogens with one attached hydrogen (secondary N) is 2. The van der Waals surface area contributed by atoms with Gasteiger partial charge in [0.15, 0.2) is 0 Å². The van der Waals surface area contributed by atoms with Crippen LogP contribution in [0.5, 0.6) is 0 Å². The van der Waals surface area contributed by atoms with E-state index in [1.54, 1.807) is 6.92 Å². The number of aryl methyl sites for hydroxylation is 2. The van der Waals surface area contributed by atoms with Gasteiger partial charge < -0.3 is 15.1 Å². The third-order valence-electron chi connectivity index (χ3n) is 5.70. The number of unbranched alkanes of at least 4 members (excludes halogenated alkanes) is 1. The number of H-pyrrole nitrogens is 1. The molecule has 34 heavy (non-hydrogen) atoms.